The molecule has 8 heteroatoms. The van der Waals surface area contributed by atoms with Crippen molar-refractivity contribution in [3.63, 3.8) is 0 Å². The molecule has 8 nitrogen and oxygen atoms in total. The Balaban J connectivity index is 2.51. The van der Waals surface area contributed by atoms with Crippen LogP contribution in [0.25, 0.3) is 5.69 Å². The van der Waals surface area contributed by atoms with Gasteiger partial charge in [-0.15, -0.1) is 15.0 Å². The van der Waals surface area contributed by atoms with Crippen LogP contribution < -0.4 is 4.90 Å². The zero-order valence-electron chi connectivity index (χ0n) is 13.1. The van der Waals surface area contributed by atoms with Gasteiger partial charge in [-0.25, -0.2) is 0 Å². The molecule has 0 bridgehead atoms. The molecule has 0 spiro atoms. The van der Waals surface area contributed by atoms with Gasteiger partial charge in [0.2, 0.25) is 5.69 Å². The van der Waals surface area contributed by atoms with Crippen LogP contribution in [-0.4, -0.2) is 33.0 Å². The number of hydrogen-bond acceptors (Lipinski definition) is 6. The summed E-state index contributed by atoms with van der Waals surface area (Å²) in [7, 11) is 0. The van der Waals surface area contributed by atoms with E-state index in [0.717, 1.165) is 25.9 Å². The molecule has 23 heavy (non-hydrogen) atoms. The summed E-state index contributed by atoms with van der Waals surface area (Å²) in [5.41, 5.74) is 0.314. The molecule has 1 heterocycles. The minimum atomic E-state index is -0.486. The lowest BCUT2D eigenvalue weighted by molar-refractivity contribution is -0.384. The van der Waals surface area contributed by atoms with Gasteiger partial charge in [0.05, 0.1) is 4.92 Å². The largest absolute Gasteiger partial charge is 0.353 e. The monoisotopic (exact) mass is 314 g/mol. The van der Waals surface area contributed by atoms with Crippen LogP contribution in [0.3, 0.4) is 0 Å². The van der Waals surface area contributed by atoms with E-state index in [4.69, 9.17) is 0 Å². The van der Waals surface area contributed by atoms with Gasteiger partial charge >= 0.3 is 0 Å². The minimum Gasteiger partial charge on any atom is -0.353 e. The smallest absolute Gasteiger partial charge is 0.296 e. The van der Waals surface area contributed by atoms with E-state index in [2.05, 4.69) is 10.2 Å². The molecule has 0 unspecified atom stereocenters. The number of anilines is 1. The third-order valence-electron chi connectivity index (χ3n) is 3.28. The van der Waals surface area contributed by atoms with Gasteiger partial charge in [-0.2, -0.15) is 5.26 Å². The van der Waals surface area contributed by atoms with Crippen LogP contribution in [0, 0.1) is 21.4 Å². The second kappa shape index (κ2) is 7.35. The third-order valence-corrected chi connectivity index (χ3v) is 3.28. The lowest BCUT2D eigenvalue weighted by Crippen LogP contribution is -2.26. The summed E-state index contributed by atoms with van der Waals surface area (Å²) < 4.78 is 0. The lowest BCUT2D eigenvalue weighted by Gasteiger charge is -2.20. The average molecular weight is 314 g/mol. The molecule has 0 aliphatic carbocycles. The highest BCUT2D eigenvalue weighted by Crippen LogP contribution is 2.24. The van der Waals surface area contributed by atoms with Crippen LogP contribution in [0.5, 0.6) is 0 Å². The summed E-state index contributed by atoms with van der Waals surface area (Å²) in [6, 6.07) is 8.23. The second-order valence-electron chi connectivity index (χ2n) is 5.01. The molecule has 0 saturated heterocycles. The van der Waals surface area contributed by atoms with E-state index < -0.39 is 4.92 Å². The highest BCUT2D eigenvalue weighted by Gasteiger charge is 2.21. The van der Waals surface area contributed by atoms with Crippen molar-refractivity contribution in [2.75, 3.05) is 18.0 Å². The Labute approximate surface area is 134 Å². The Morgan fingerprint density at radius 1 is 1.26 bits per heavy atom. The molecule has 0 saturated carbocycles. The molecule has 1 aromatic carbocycles. The van der Waals surface area contributed by atoms with Crippen LogP contribution in [0.2, 0.25) is 0 Å². The van der Waals surface area contributed by atoms with E-state index >= 15 is 0 Å². The van der Waals surface area contributed by atoms with E-state index in [-0.39, 0.29) is 17.1 Å². The van der Waals surface area contributed by atoms with Crippen LogP contribution in [0.4, 0.5) is 11.5 Å². The van der Waals surface area contributed by atoms with Crippen molar-refractivity contribution in [3.05, 3.63) is 40.1 Å². The number of nitrogens with zero attached hydrogens (tertiary/aromatic N) is 6. The van der Waals surface area contributed by atoms with Crippen molar-refractivity contribution in [3.8, 4) is 11.8 Å². The Bertz CT molecular complexity index is 728. The van der Waals surface area contributed by atoms with Crippen LogP contribution in [0.1, 0.15) is 32.4 Å². The number of nitro benzene ring substituents is 1. The molecule has 0 amide bonds. The maximum atomic E-state index is 11.2. The lowest BCUT2D eigenvalue weighted by atomic mass is 10.3. The number of hydrogen-bond donors (Lipinski definition) is 0. The second-order valence-corrected chi connectivity index (χ2v) is 5.01. The van der Waals surface area contributed by atoms with Gasteiger partial charge in [-0.05, 0) is 18.9 Å². The fraction of sp³-hybridized carbons (Fsp3) is 0.400. The van der Waals surface area contributed by atoms with Crippen molar-refractivity contribution in [1.82, 2.24) is 15.0 Å². The van der Waals surface area contributed by atoms with Crippen molar-refractivity contribution in [2.45, 2.75) is 26.7 Å². The first kappa shape index (κ1) is 16.4. The van der Waals surface area contributed by atoms with E-state index in [1.54, 1.807) is 18.2 Å². The molecule has 120 valence electrons. The molecule has 0 aliphatic heterocycles. The Morgan fingerprint density at radius 3 is 2.48 bits per heavy atom. The first-order valence-corrected chi connectivity index (χ1v) is 7.48. The normalized spacial score (nSPS) is 10.3. The average Bonchev–Trinajstić information content (AvgIpc) is 2.98. The Kier molecular flexibility index (Phi) is 5.25. The highest BCUT2D eigenvalue weighted by molar-refractivity contribution is 5.54. The number of nitriles is 1. The molecule has 0 fully saturated rings. The SMILES string of the molecule is CCCN(CCC)c1nn(-c2ccccc2[N+](=O)[O-])nc1C#N. The highest BCUT2D eigenvalue weighted by atomic mass is 16.6. The molecule has 2 aromatic rings. The van der Waals surface area contributed by atoms with Gasteiger partial charge in [0, 0.05) is 19.2 Å². The minimum absolute atomic E-state index is 0.101. The molecule has 0 aliphatic rings. The maximum Gasteiger partial charge on any atom is 0.296 e. The zero-order chi connectivity index (χ0) is 16.8. The fourth-order valence-electron chi connectivity index (χ4n) is 2.34. The summed E-state index contributed by atoms with van der Waals surface area (Å²) in [4.78, 5) is 13.8. The van der Waals surface area contributed by atoms with E-state index in [9.17, 15) is 15.4 Å². The summed E-state index contributed by atoms with van der Waals surface area (Å²) in [6.07, 6.45) is 1.81. The number of nitro groups is 1. The standard InChI is InChI=1S/C15H18N6O2/c1-3-9-19(10-4-2)15-12(11-16)17-20(18-15)13-7-5-6-8-14(13)21(22)23/h5-8H,3-4,9-10H2,1-2H3. The molecular weight excluding hydrogens is 296 g/mol. The molecule has 2 rings (SSSR count). The van der Waals surface area contributed by atoms with Crippen LogP contribution >= 0.6 is 0 Å². The van der Waals surface area contributed by atoms with Crippen molar-refractivity contribution in [2.24, 2.45) is 0 Å². The summed E-state index contributed by atoms with van der Waals surface area (Å²) in [5, 5.41) is 28.9. The number of benzene rings is 1. The first-order chi connectivity index (χ1) is 11.1. The fourth-order valence-corrected chi connectivity index (χ4v) is 2.34. The van der Waals surface area contributed by atoms with Gasteiger partial charge < -0.3 is 4.90 Å². The van der Waals surface area contributed by atoms with Gasteiger partial charge in [0.15, 0.2) is 11.5 Å². The molecule has 0 N–H and O–H groups in total. The first-order valence-electron chi connectivity index (χ1n) is 7.48. The Morgan fingerprint density at radius 2 is 1.91 bits per heavy atom. The van der Waals surface area contributed by atoms with Crippen molar-refractivity contribution >= 4 is 11.5 Å². The molecular formula is C15H18N6O2. The van der Waals surface area contributed by atoms with Crippen LogP contribution in [-0.2, 0) is 0 Å². The van der Waals surface area contributed by atoms with Gasteiger partial charge in [-0.1, -0.05) is 26.0 Å². The molecule has 0 atom stereocenters. The Hall–Kier alpha value is -2.95. The van der Waals surface area contributed by atoms with Gasteiger partial charge in [-0.3, -0.25) is 10.1 Å². The number of rotatable bonds is 7. The molecule has 1 aromatic heterocycles. The van der Waals surface area contributed by atoms with E-state index in [0.29, 0.717) is 5.82 Å². The van der Waals surface area contributed by atoms with Gasteiger partial charge in [0.25, 0.3) is 5.69 Å². The zero-order valence-corrected chi connectivity index (χ0v) is 13.1. The van der Waals surface area contributed by atoms with Crippen molar-refractivity contribution < 1.29 is 4.92 Å². The van der Waals surface area contributed by atoms with Gasteiger partial charge in [0.1, 0.15) is 6.07 Å². The quantitative estimate of drug-likeness (QED) is 0.575. The summed E-state index contributed by atoms with van der Waals surface area (Å²) in [5.74, 6) is 0.467. The topological polar surface area (TPSA) is 101 Å². The molecule has 0 radical (unpaired) electrons. The number of para-hydroxylation sites is 2. The van der Waals surface area contributed by atoms with E-state index in [1.165, 1.54) is 10.9 Å². The van der Waals surface area contributed by atoms with E-state index in [1.807, 2.05) is 24.8 Å². The summed E-state index contributed by atoms with van der Waals surface area (Å²) >= 11 is 0. The number of aromatic nitrogens is 3. The predicted octanol–water partition coefficient (Wildman–Crippen LogP) is 2.67. The predicted molar refractivity (Wildman–Crippen MR) is 85.5 cm³/mol. The van der Waals surface area contributed by atoms with Crippen LogP contribution in [0.15, 0.2) is 24.3 Å². The maximum absolute atomic E-state index is 11.2. The van der Waals surface area contributed by atoms with Crippen molar-refractivity contribution in [1.29, 1.82) is 5.26 Å². The third kappa shape index (κ3) is 3.45. The summed E-state index contributed by atoms with van der Waals surface area (Å²) in [6.45, 7) is 5.58.